The van der Waals surface area contributed by atoms with Gasteiger partial charge >= 0.3 is 0 Å². The molecule has 1 atom stereocenters. The third-order valence-electron chi connectivity index (χ3n) is 4.43. The van der Waals surface area contributed by atoms with Crippen LogP contribution in [-0.2, 0) is 0 Å². The molecule has 0 aromatic heterocycles. The summed E-state index contributed by atoms with van der Waals surface area (Å²) in [5.41, 5.74) is 1.31. The Labute approximate surface area is 120 Å². The molecular weight excluding hydrogens is 252 g/mol. The Kier molecular flexibility index (Phi) is 4.08. The number of alkyl halides is 1. The molecular formula is C18H21Cl. The van der Waals surface area contributed by atoms with Crippen LogP contribution in [0, 0.1) is 5.92 Å². The molecule has 1 heteroatoms. The highest BCUT2D eigenvalue weighted by molar-refractivity contribution is 6.21. The van der Waals surface area contributed by atoms with Crippen molar-refractivity contribution in [3.05, 3.63) is 48.0 Å². The van der Waals surface area contributed by atoms with E-state index in [1.807, 2.05) is 0 Å². The van der Waals surface area contributed by atoms with Gasteiger partial charge in [0, 0.05) is 0 Å². The first-order chi connectivity index (χ1) is 9.34. The predicted octanol–water partition coefficient (Wildman–Crippen LogP) is 6.09. The van der Waals surface area contributed by atoms with Crippen molar-refractivity contribution >= 4 is 22.4 Å². The molecule has 1 saturated carbocycles. The third-order valence-corrected chi connectivity index (χ3v) is 4.84. The molecule has 0 spiro atoms. The second-order valence-electron chi connectivity index (χ2n) is 5.78. The first-order valence-corrected chi connectivity index (χ1v) is 7.90. The van der Waals surface area contributed by atoms with Gasteiger partial charge in [-0.3, -0.25) is 0 Å². The van der Waals surface area contributed by atoms with E-state index in [0.717, 1.165) is 12.3 Å². The zero-order valence-electron chi connectivity index (χ0n) is 11.3. The van der Waals surface area contributed by atoms with Gasteiger partial charge < -0.3 is 0 Å². The van der Waals surface area contributed by atoms with E-state index < -0.39 is 0 Å². The van der Waals surface area contributed by atoms with Crippen LogP contribution in [0.5, 0.6) is 0 Å². The van der Waals surface area contributed by atoms with Crippen LogP contribution in [0.1, 0.15) is 49.5 Å². The van der Waals surface area contributed by atoms with Gasteiger partial charge in [0.25, 0.3) is 0 Å². The molecule has 1 fully saturated rings. The van der Waals surface area contributed by atoms with Crippen LogP contribution in [-0.4, -0.2) is 0 Å². The summed E-state index contributed by atoms with van der Waals surface area (Å²) in [5.74, 6) is 0.829. The standard InChI is InChI=1S/C18H21Cl/c19-18(13-14-7-2-1-3-8-14)17-12-6-10-15-9-4-5-11-16(15)17/h4-6,9-12,14,18H,1-3,7-8,13H2. The van der Waals surface area contributed by atoms with Gasteiger partial charge in [-0.25, -0.2) is 0 Å². The summed E-state index contributed by atoms with van der Waals surface area (Å²) >= 11 is 6.72. The summed E-state index contributed by atoms with van der Waals surface area (Å²) in [6.07, 6.45) is 8.07. The molecule has 0 amide bonds. The average molecular weight is 273 g/mol. The van der Waals surface area contributed by atoms with Crippen LogP contribution in [0.2, 0.25) is 0 Å². The molecule has 1 aliphatic rings. The van der Waals surface area contributed by atoms with Crippen molar-refractivity contribution in [1.82, 2.24) is 0 Å². The lowest BCUT2D eigenvalue weighted by molar-refractivity contribution is 0.336. The Morgan fingerprint density at radius 2 is 1.68 bits per heavy atom. The number of benzene rings is 2. The van der Waals surface area contributed by atoms with E-state index in [4.69, 9.17) is 11.6 Å². The minimum atomic E-state index is 0.161. The highest BCUT2D eigenvalue weighted by atomic mass is 35.5. The van der Waals surface area contributed by atoms with Gasteiger partial charge in [-0.15, -0.1) is 11.6 Å². The largest absolute Gasteiger partial charge is 0.118 e. The van der Waals surface area contributed by atoms with Gasteiger partial charge in [0.1, 0.15) is 0 Å². The Morgan fingerprint density at radius 1 is 0.947 bits per heavy atom. The maximum atomic E-state index is 6.72. The van der Waals surface area contributed by atoms with Crippen molar-refractivity contribution in [2.24, 2.45) is 5.92 Å². The predicted molar refractivity (Wildman–Crippen MR) is 83.7 cm³/mol. The van der Waals surface area contributed by atoms with E-state index in [-0.39, 0.29) is 5.38 Å². The van der Waals surface area contributed by atoms with Crippen molar-refractivity contribution in [2.75, 3.05) is 0 Å². The normalized spacial score (nSPS) is 18.6. The first kappa shape index (κ1) is 13.0. The Morgan fingerprint density at radius 3 is 2.53 bits per heavy atom. The molecule has 0 radical (unpaired) electrons. The lowest BCUT2D eigenvalue weighted by Gasteiger charge is -2.24. The summed E-state index contributed by atoms with van der Waals surface area (Å²) in [7, 11) is 0. The molecule has 0 saturated heterocycles. The van der Waals surface area contributed by atoms with Crippen LogP contribution in [0.4, 0.5) is 0 Å². The molecule has 0 bridgehead atoms. The Bertz CT molecular complexity index is 535. The fourth-order valence-corrected chi connectivity index (χ4v) is 3.81. The van der Waals surface area contributed by atoms with E-state index in [2.05, 4.69) is 42.5 Å². The lowest BCUT2D eigenvalue weighted by Crippen LogP contribution is -2.09. The summed E-state index contributed by atoms with van der Waals surface area (Å²) in [4.78, 5) is 0. The maximum Gasteiger partial charge on any atom is 0.0593 e. The lowest BCUT2D eigenvalue weighted by atomic mass is 9.84. The second kappa shape index (κ2) is 5.96. The van der Waals surface area contributed by atoms with E-state index in [1.165, 1.54) is 48.4 Å². The molecule has 0 nitrogen and oxygen atoms in total. The van der Waals surface area contributed by atoms with E-state index in [9.17, 15) is 0 Å². The van der Waals surface area contributed by atoms with E-state index in [0.29, 0.717) is 0 Å². The van der Waals surface area contributed by atoms with Crippen LogP contribution in [0.25, 0.3) is 10.8 Å². The zero-order chi connectivity index (χ0) is 13.1. The van der Waals surface area contributed by atoms with Gasteiger partial charge in [0.05, 0.1) is 5.38 Å². The molecule has 0 heterocycles. The molecule has 0 aliphatic heterocycles. The molecule has 100 valence electrons. The molecule has 1 unspecified atom stereocenters. The monoisotopic (exact) mass is 272 g/mol. The van der Waals surface area contributed by atoms with Gasteiger partial charge in [0.15, 0.2) is 0 Å². The second-order valence-corrected chi connectivity index (χ2v) is 6.30. The van der Waals surface area contributed by atoms with Crippen LogP contribution in [0.15, 0.2) is 42.5 Å². The average Bonchev–Trinajstić information content (AvgIpc) is 2.47. The van der Waals surface area contributed by atoms with Gasteiger partial charge in [-0.1, -0.05) is 74.6 Å². The van der Waals surface area contributed by atoms with E-state index in [1.54, 1.807) is 0 Å². The number of hydrogen-bond donors (Lipinski definition) is 0. The minimum Gasteiger partial charge on any atom is -0.118 e. The number of halogens is 1. The molecule has 3 rings (SSSR count). The van der Waals surface area contributed by atoms with Crippen molar-refractivity contribution < 1.29 is 0 Å². The van der Waals surface area contributed by atoms with Crippen molar-refractivity contribution in [3.8, 4) is 0 Å². The molecule has 2 aromatic carbocycles. The maximum absolute atomic E-state index is 6.72. The van der Waals surface area contributed by atoms with Crippen molar-refractivity contribution in [3.63, 3.8) is 0 Å². The fraction of sp³-hybridized carbons (Fsp3) is 0.444. The smallest absolute Gasteiger partial charge is 0.0593 e. The molecule has 1 aliphatic carbocycles. The van der Waals surface area contributed by atoms with E-state index >= 15 is 0 Å². The van der Waals surface area contributed by atoms with Crippen molar-refractivity contribution in [2.45, 2.75) is 43.9 Å². The Balaban J connectivity index is 1.82. The van der Waals surface area contributed by atoms with Gasteiger partial charge in [-0.2, -0.15) is 0 Å². The quantitative estimate of drug-likeness (QED) is 0.593. The summed E-state index contributed by atoms with van der Waals surface area (Å²) in [6, 6.07) is 15.1. The highest BCUT2D eigenvalue weighted by Crippen LogP contribution is 2.37. The Hall–Kier alpha value is -1.01. The molecule has 2 aromatic rings. The van der Waals surface area contributed by atoms with Crippen LogP contribution >= 0.6 is 11.6 Å². The molecule has 0 N–H and O–H groups in total. The van der Waals surface area contributed by atoms with Crippen molar-refractivity contribution in [1.29, 1.82) is 0 Å². The zero-order valence-corrected chi connectivity index (χ0v) is 12.1. The summed E-state index contributed by atoms with van der Waals surface area (Å²) in [6.45, 7) is 0. The first-order valence-electron chi connectivity index (χ1n) is 7.46. The number of fused-ring (bicyclic) bond motifs is 1. The molecule has 19 heavy (non-hydrogen) atoms. The van der Waals surface area contributed by atoms with Gasteiger partial charge in [-0.05, 0) is 28.7 Å². The summed E-state index contributed by atoms with van der Waals surface area (Å²) < 4.78 is 0. The highest BCUT2D eigenvalue weighted by Gasteiger charge is 2.19. The van der Waals surface area contributed by atoms with Crippen LogP contribution in [0.3, 0.4) is 0 Å². The fourth-order valence-electron chi connectivity index (χ4n) is 3.37. The number of hydrogen-bond acceptors (Lipinski definition) is 0. The number of rotatable bonds is 3. The van der Waals surface area contributed by atoms with Gasteiger partial charge in [0.2, 0.25) is 0 Å². The third kappa shape index (κ3) is 2.95. The minimum absolute atomic E-state index is 0.161. The SMILES string of the molecule is ClC(CC1CCCCC1)c1cccc2ccccc12. The summed E-state index contributed by atoms with van der Waals surface area (Å²) in [5, 5.41) is 2.78. The van der Waals surface area contributed by atoms with Crippen LogP contribution < -0.4 is 0 Å². The topological polar surface area (TPSA) is 0 Å².